The quantitative estimate of drug-likeness (QED) is 0.150. The number of aromatic nitrogens is 1. The largest absolute Gasteiger partial charge is 0.542 e. The first-order valence-corrected chi connectivity index (χ1v) is 11.9. The Morgan fingerprint density at radius 2 is 1.35 bits per heavy atom. The van der Waals surface area contributed by atoms with Gasteiger partial charge in [-0.15, -0.1) is 0 Å². The first-order valence-electron chi connectivity index (χ1n) is 11.9. The molecule has 0 saturated carbocycles. The number of halogens is 3. The number of carbonyl (C=O) groups excluding carboxylic acids is 2. The molecule has 5 aromatic rings. The molecule has 204 valence electrons. The Hall–Kier alpha value is -4.99. The number of fused-ring (bicyclic) bond motifs is 3. The van der Waals surface area contributed by atoms with Crippen LogP contribution >= 0.6 is 0 Å². The minimum absolute atomic E-state index is 0.166. The van der Waals surface area contributed by atoms with Crippen molar-refractivity contribution in [3.05, 3.63) is 95.1 Å². The molecule has 0 bridgehead atoms. The van der Waals surface area contributed by atoms with E-state index in [0.29, 0.717) is 22.4 Å². The predicted octanol–water partition coefficient (Wildman–Crippen LogP) is 4.80. The van der Waals surface area contributed by atoms with Crippen molar-refractivity contribution in [3.8, 4) is 5.75 Å². The average molecular weight is 550 g/mol. The Kier molecular flexibility index (Phi) is 7.46. The fourth-order valence-electron chi connectivity index (χ4n) is 4.56. The minimum atomic E-state index is -5.19. The Morgan fingerprint density at radius 3 is 1.90 bits per heavy atom. The maximum atomic E-state index is 13.7. The molecule has 0 fully saturated rings. The standard InChI is InChI=1S/C28H21NO4.C2HF3O2/c1-16-12-20(27(30)31)13-17(2)26(16)33-28(32)25-21-10-6-7-11-23(21)29(3)24-15-19-9-5-4-8-18(19)14-22(24)25;3-2(4,5)1(6)7/h4-15H,1-3H3;(H,6,7). The molecule has 40 heavy (non-hydrogen) atoms. The fraction of sp³-hybridized carbons (Fsp3) is 0.133. The molecule has 0 spiro atoms. The van der Waals surface area contributed by atoms with Gasteiger partial charge in [0, 0.05) is 12.1 Å². The van der Waals surface area contributed by atoms with Crippen LogP contribution in [0.2, 0.25) is 0 Å². The van der Waals surface area contributed by atoms with E-state index in [-0.39, 0.29) is 5.56 Å². The zero-order chi connectivity index (χ0) is 29.4. The van der Waals surface area contributed by atoms with Gasteiger partial charge in [0.1, 0.15) is 18.8 Å². The number of aryl methyl sites for hydroxylation is 3. The topological polar surface area (TPSA) is 108 Å². The predicted molar refractivity (Wildman–Crippen MR) is 139 cm³/mol. The van der Waals surface area contributed by atoms with Crippen molar-refractivity contribution in [3.63, 3.8) is 0 Å². The van der Waals surface area contributed by atoms with Crippen LogP contribution in [0.3, 0.4) is 0 Å². The van der Waals surface area contributed by atoms with Crippen LogP contribution in [-0.4, -0.2) is 29.2 Å². The number of esters is 1. The van der Waals surface area contributed by atoms with E-state index in [4.69, 9.17) is 14.6 Å². The number of carboxylic acids is 2. The molecule has 1 N–H and O–H groups in total. The molecule has 4 aromatic carbocycles. The molecule has 0 aliphatic heterocycles. The second-order valence-corrected chi connectivity index (χ2v) is 9.09. The fourth-order valence-corrected chi connectivity index (χ4v) is 4.56. The van der Waals surface area contributed by atoms with Gasteiger partial charge in [-0.1, -0.05) is 36.4 Å². The van der Waals surface area contributed by atoms with Crippen LogP contribution in [0.1, 0.15) is 31.8 Å². The van der Waals surface area contributed by atoms with Crippen molar-refractivity contribution in [2.24, 2.45) is 7.05 Å². The van der Waals surface area contributed by atoms with Gasteiger partial charge >= 0.3 is 18.1 Å². The monoisotopic (exact) mass is 549 g/mol. The summed E-state index contributed by atoms with van der Waals surface area (Å²) in [6.07, 6.45) is -5.19. The van der Waals surface area contributed by atoms with E-state index in [9.17, 15) is 27.9 Å². The highest BCUT2D eigenvalue weighted by Crippen LogP contribution is 2.31. The van der Waals surface area contributed by atoms with Gasteiger partial charge in [0.15, 0.2) is 0 Å². The molecular formula is C30H22F3NO6. The molecule has 5 rings (SSSR count). The summed E-state index contributed by atoms with van der Waals surface area (Å²) in [5.41, 5.74) is 3.70. The van der Waals surface area contributed by atoms with E-state index in [1.165, 1.54) is 12.1 Å². The highest BCUT2D eigenvalue weighted by molar-refractivity contribution is 6.15. The third-order valence-electron chi connectivity index (χ3n) is 6.37. The summed E-state index contributed by atoms with van der Waals surface area (Å²) in [4.78, 5) is 33.8. The first kappa shape index (κ1) is 28.0. The number of rotatable bonds is 3. The van der Waals surface area contributed by atoms with E-state index in [1.807, 2.05) is 55.6 Å². The van der Waals surface area contributed by atoms with E-state index in [0.717, 1.165) is 32.6 Å². The van der Waals surface area contributed by atoms with Crippen LogP contribution in [0.25, 0.3) is 32.6 Å². The number of para-hydroxylation sites is 1. The zero-order valence-corrected chi connectivity index (χ0v) is 21.5. The summed E-state index contributed by atoms with van der Waals surface area (Å²) in [5, 5.41) is 21.8. The molecule has 0 unspecified atom stereocenters. The Bertz CT molecular complexity index is 1810. The van der Waals surface area contributed by atoms with Gasteiger partial charge < -0.3 is 19.7 Å². The lowest BCUT2D eigenvalue weighted by Gasteiger charge is -2.14. The van der Waals surface area contributed by atoms with Crippen LogP contribution in [0.5, 0.6) is 5.75 Å². The lowest BCUT2D eigenvalue weighted by molar-refractivity contribution is -0.617. The van der Waals surface area contributed by atoms with Crippen molar-refractivity contribution >= 4 is 50.5 Å². The lowest BCUT2D eigenvalue weighted by atomic mass is 9.98. The smallest absolute Gasteiger partial charge is 0.430 e. The molecule has 0 aliphatic rings. The average Bonchev–Trinajstić information content (AvgIpc) is 2.89. The van der Waals surface area contributed by atoms with Crippen LogP contribution in [0, 0.1) is 13.8 Å². The minimum Gasteiger partial charge on any atom is -0.542 e. The van der Waals surface area contributed by atoms with Crippen LogP contribution in [0.4, 0.5) is 13.2 Å². The summed E-state index contributed by atoms with van der Waals surface area (Å²) < 4.78 is 39.6. The van der Waals surface area contributed by atoms with Crippen LogP contribution < -0.4 is 14.4 Å². The molecule has 0 atom stereocenters. The normalized spacial score (nSPS) is 11.2. The van der Waals surface area contributed by atoms with Gasteiger partial charge in [0.2, 0.25) is 11.0 Å². The summed E-state index contributed by atoms with van der Waals surface area (Å²) in [6.45, 7) is 3.49. The molecule has 10 heteroatoms. The number of alkyl halides is 3. The molecule has 0 radical (unpaired) electrons. The number of ether oxygens (including phenoxy) is 1. The van der Waals surface area contributed by atoms with Gasteiger partial charge in [0.05, 0.1) is 21.9 Å². The van der Waals surface area contributed by atoms with E-state index < -0.39 is 24.1 Å². The second kappa shape index (κ2) is 10.6. The van der Waals surface area contributed by atoms with Crippen molar-refractivity contribution in [2.75, 3.05) is 0 Å². The molecular weight excluding hydrogens is 527 g/mol. The summed E-state index contributed by atoms with van der Waals surface area (Å²) in [6, 6.07) is 23.0. The van der Waals surface area contributed by atoms with Crippen molar-refractivity contribution in [1.82, 2.24) is 0 Å². The number of aliphatic carboxylic acids is 1. The molecule has 1 heterocycles. The first-order chi connectivity index (χ1) is 18.8. The highest BCUT2D eigenvalue weighted by Gasteiger charge is 2.29. The number of nitrogens with zero attached hydrogens (tertiary/aromatic N) is 1. The molecule has 0 amide bonds. The SMILES string of the molecule is Cc1cc(C(=O)O)cc(C)c1OC(=O)c1c2ccccc2[n+](C)c2cc3ccccc3cc12.O=C([O-])C(F)(F)F. The summed E-state index contributed by atoms with van der Waals surface area (Å²) >= 11 is 0. The lowest BCUT2D eigenvalue weighted by Crippen LogP contribution is -2.37. The molecule has 7 nitrogen and oxygen atoms in total. The van der Waals surface area contributed by atoms with Crippen LogP contribution in [0.15, 0.2) is 72.8 Å². The Morgan fingerprint density at radius 1 is 0.825 bits per heavy atom. The number of hydrogen-bond acceptors (Lipinski definition) is 5. The maximum absolute atomic E-state index is 13.7. The molecule has 0 aliphatic carbocycles. The Labute approximate surface area is 225 Å². The Balaban J connectivity index is 0.000000470. The van der Waals surface area contributed by atoms with Crippen molar-refractivity contribution < 1.29 is 47.1 Å². The summed E-state index contributed by atoms with van der Waals surface area (Å²) in [5.74, 6) is -4.11. The van der Waals surface area contributed by atoms with E-state index in [2.05, 4.69) is 16.7 Å². The zero-order valence-electron chi connectivity index (χ0n) is 21.5. The highest BCUT2D eigenvalue weighted by atomic mass is 19.4. The van der Waals surface area contributed by atoms with Gasteiger partial charge in [0.25, 0.3) is 0 Å². The third-order valence-corrected chi connectivity index (χ3v) is 6.37. The molecule has 0 saturated heterocycles. The number of hydrogen-bond donors (Lipinski definition) is 1. The van der Waals surface area contributed by atoms with Crippen LogP contribution in [-0.2, 0) is 11.8 Å². The number of aromatic carboxylic acids is 1. The molecule has 1 aromatic heterocycles. The van der Waals surface area contributed by atoms with Gasteiger partial charge in [-0.3, -0.25) is 0 Å². The third kappa shape index (κ3) is 5.42. The second-order valence-electron chi connectivity index (χ2n) is 9.09. The van der Waals surface area contributed by atoms with Gasteiger partial charge in [-0.05, 0) is 60.0 Å². The number of benzene rings is 4. The van der Waals surface area contributed by atoms with Gasteiger partial charge in [-0.2, -0.15) is 17.7 Å². The maximum Gasteiger partial charge on any atom is 0.430 e. The van der Waals surface area contributed by atoms with E-state index >= 15 is 0 Å². The number of carbonyl (C=O) groups is 3. The number of carboxylic acid groups (broad SMARTS) is 2. The van der Waals surface area contributed by atoms with Gasteiger partial charge in [-0.25, -0.2) is 9.59 Å². The number of pyridine rings is 1. The summed E-state index contributed by atoms with van der Waals surface area (Å²) in [7, 11) is 1.99. The van der Waals surface area contributed by atoms with E-state index in [1.54, 1.807) is 13.8 Å². The van der Waals surface area contributed by atoms with Crippen molar-refractivity contribution in [1.29, 1.82) is 0 Å². The van der Waals surface area contributed by atoms with Crippen molar-refractivity contribution in [2.45, 2.75) is 20.0 Å².